The molecule has 1 aromatic carbocycles. The number of nitrogens with zero attached hydrogens (tertiary/aromatic N) is 2. The fourth-order valence-corrected chi connectivity index (χ4v) is 2.50. The molecule has 6 nitrogen and oxygen atoms in total. The minimum atomic E-state index is -0.411. The summed E-state index contributed by atoms with van der Waals surface area (Å²) in [6, 6.07) is 4.59. The van der Waals surface area contributed by atoms with Crippen molar-refractivity contribution >= 4 is 22.2 Å². The monoisotopic (exact) mass is 307 g/mol. The average molecular weight is 307 g/mol. The molecular formula is C14H17N3O3S. The van der Waals surface area contributed by atoms with Crippen LogP contribution in [0.15, 0.2) is 24.4 Å². The Labute approximate surface area is 126 Å². The van der Waals surface area contributed by atoms with E-state index in [-0.39, 0.29) is 5.69 Å². The lowest BCUT2D eigenvalue weighted by Crippen LogP contribution is -1.98. The molecule has 0 bridgehead atoms. The van der Waals surface area contributed by atoms with Crippen LogP contribution >= 0.6 is 11.3 Å². The lowest BCUT2D eigenvalue weighted by Gasteiger charge is -2.07. The number of aryl methyl sites for hydroxylation is 1. The third-order valence-corrected chi connectivity index (χ3v) is 3.75. The van der Waals surface area contributed by atoms with Crippen molar-refractivity contribution in [1.29, 1.82) is 0 Å². The second-order valence-electron chi connectivity index (χ2n) is 4.55. The topological polar surface area (TPSA) is 77.3 Å². The van der Waals surface area contributed by atoms with Crippen LogP contribution in [0.2, 0.25) is 0 Å². The maximum absolute atomic E-state index is 10.7. The molecule has 0 radical (unpaired) electrons. The molecule has 0 aliphatic carbocycles. The Morgan fingerprint density at radius 3 is 2.95 bits per heavy atom. The van der Waals surface area contributed by atoms with Crippen LogP contribution in [-0.4, -0.2) is 16.5 Å². The Kier molecular flexibility index (Phi) is 5.10. The van der Waals surface area contributed by atoms with Gasteiger partial charge in [0, 0.05) is 24.9 Å². The first-order valence-electron chi connectivity index (χ1n) is 6.66. The Balaban J connectivity index is 1.96. The number of rotatable bonds is 7. The van der Waals surface area contributed by atoms with E-state index in [2.05, 4.69) is 17.2 Å². The SMILES string of the molecule is CCCNc1ncc(COc2ccc([N+](=O)[O-])cc2C)s1. The number of thiazole rings is 1. The van der Waals surface area contributed by atoms with Gasteiger partial charge < -0.3 is 10.1 Å². The largest absolute Gasteiger partial charge is 0.488 e. The summed E-state index contributed by atoms with van der Waals surface area (Å²) in [6.45, 7) is 5.20. The normalized spacial score (nSPS) is 10.4. The van der Waals surface area contributed by atoms with Gasteiger partial charge in [0.1, 0.15) is 12.4 Å². The summed E-state index contributed by atoms with van der Waals surface area (Å²) < 4.78 is 5.70. The van der Waals surface area contributed by atoms with Crippen LogP contribution in [0.3, 0.4) is 0 Å². The molecule has 2 rings (SSSR count). The fraction of sp³-hybridized carbons (Fsp3) is 0.357. The van der Waals surface area contributed by atoms with Crippen molar-refractivity contribution in [1.82, 2.24) is 4.98 Å². The van der Waals surface area contributed by atoms with Gasteiger partial charge in [0.15, 0.2) is 5.13 Å². The van der Waals surface area contributed by atoms with Crippen molar-refractivity contribution < 1.29 is 9.66 Å². The van der Waals surface area contributed by atoms with Crippen molar-refractivity contribution in [3.63, 3.8) is 0 Å². The Morgan fingerprint density at radius 1 is 1.48 bits per heavy atom. The highest BCUT2D eigenvalue weighted by Gasteiger charge is 2.09. The summed E-state index contributed by atoms with van der Waals surface area (Å²) in [5, 5.41) is 14.8. The van der Waals surface area contributed by atoms with Gasteiger partial charge >= 0.3 is 0 Å². The summed E-state index contributed by atoms with van der Waals surface area (Å²) in [4.78, 5) is 15.5. The molecular weight excluding hydrogens is 290 g/mol. The second kappa shape index (κ2) is 7.03. The number of nitro benzene ring substituents is 1. The number of anilines is 1. The van der Waals surface area contributed by atoms with Gasteiger partial charge in [-0.3, -0.25) is 10.1 Å². The molecule has 0 saturated carbocycles. The number of ether oxygens (including phenoxy) is 1. The van der Waals surface area contributed by atoms with Crippen LogP contribution in [-0.2, 0) is 6.61 Å². The molecule has 0 amide bonds. The number of hydrogen-bond acceptors (Lipinski definition) is 6. The van der Waals surface area contributed by atoms with Gasteiger partial charge in [0.05, 0.1) is 9.80 Å². The molecule has 0 fully saturated rings. The molecule has 0 unspecified atom stereocenters. The molecule has 0 saturated heterocycles. The molecule has 0 aliphatic rings. The van der Waals surface area contributed by atoms with Gasteiger partial charge in [-0.15, -0.1) is 0 Å². The zero-order chi connectivity index (χ0) is 15.2. The summed E-state index contributed by atoms with van der Waals surface area (Å²) in [5.74, 6) is 0.650. The van der Waals surface area contributed by atoms with Gasteiger partial charge in [-0.25, -0.2) is 4.98 Å². The predicted octanol–water partition coefficient (Wildman–Crippen LogP) is 3.76. The van der Waals surface area contributed by atoms with E-state index >= 15 is 0 Å². The molecule has 0 spiro atoms. The molecule has 1 aromatic heterocycles. The van der Waals surface area contributed by atoms with Crippen molar-refractivity contribution in [3.8, 4) is 5.75 Å². The molecule has 21 heavy (non-hydrogen) atoms. The minimum absolute atomic E-state index is 0.0729. The highest BCUT2D eigenvalue weighted by molar-refractivity contribution is 7.15. The minimum Gasteiger partial charge on any atom is -0.488 e. The summed E-state index contributed by atoms with van der Waals surface area (Å²) >= 11 is 1.55. The molecule has 1 N–H and O–H groups in total. The first kappa shape index (κ1) is 15.2. The van der Waals surface area contributed by atoms with Crippen molar-refractivity contribution in [2.45, 2.75) is 26.9 Å². The zero-order valence-electron chi connectivity index (χ0n) is 12.0. The summed E-state index contributed by atoms with van der Waals surface area (Å²) in [5.41, 5.74) is 0.821. The van der Waals surface area contributed by atoms with Gasteiger partial charge in [-0.05, 0) is 25.0 Å². The van der Waals surface area contributed by atoms with Crippen LogP contribution in [0.25, 0.3) is 0 Å². The number of nitrogens with one attached hydrogen (secondary N) is 1. The molecule has 7 heteroatoms. The van der Waals surface area contributed by atoms with Crippen molar-refractivity contribution in [3.05, 3.63) is 45.0 Å². The van der Waals surface area contributed by atoms with E-state index in [1.165, 1.54) is 12.1 Å². The van der Waals surface area contributed by atoms with Crippen LogP contribution in [0.1, 0.15) is 23.8 Å². The van der Waals surface area contributed by atoms with Gasteiger partial charge in [0.25, 0.3) is 5.69 Å². The van der Waals surface area contributed by atoms with E-state index in [0.29, 0.717) is 12.4 Å². The van der Waals surface area contributed by atoms with Crippen molar-refractivity contribution in [2.75, 3.05) is 11.9 Å². The molecule has 0 atom stereocenters. The number of hydrogen-bond donors (Lipinski definition) is 1. The van der Waals surface area contributed by atoms with E-state index in [1.54, 1.807) is 30.5 Å². The first-order chi connectivity index (χ1) is 10.1. The van der Waals surface area contributed by atoms with Gasteiger partial charge in [-0.2, -0.15) is 0 Å². The van der Waals surface area contributed by atoms with E-state index < -0.39 is 4.92 Å². The smallest absolute Gasteiger partial charge is 0.269 e. The molecule has 112 valence electrons. The summed E-state index contributed by atoms with van der Waals surface area (Å²) in [7, 11) is 0. The van der Waals surface area contributed by atoms with Crippen molar-refractivity contribution in [2.24, 2.45) is 0 Å². The Morgan fingerprint density at radius 2 is 2.29 bits per heavy atom. The third-order valence-electron chi connectivity index (χ3n) is 2.82. The zero-order valence-corrected chi connectivity index (χ0v) is 12.8. The fourth-order valence-electron chi connectivity index (χ4n) is 1.75. The molecule has 1 heterocycles. The van der Waals surface area contributed by atoms with Crippen LogP contribution < -0.4 is 10.1 Å². The van der Waals surface area contributed by atoms with E-state index in [9.17, 15) is 10.1 Å². The van der Waals surface area contributed by atoms with E-state index in [1.807, 2.05) is 0 Å². The van der Waals surface area contributed by atoms with Gasteiger partial charge in [0.2, 0.25) is 0 Å². The maximum atomic E-state index is 10.7. The second-order valence-corrected chi connectivity index (χ2v) is 5.67. The van der Waals surface area contributed by atoms with Crippen LogP contribution in [0, 0.1) is 17.0 Å². The number of aromatic nitrogens is 1. The number of benzene rings is 1. The Hall–Kier alpha value is -2.15. The lowest BCUT2D eigenvalue weighted by atomic mass is 10.2. The number of non-ortho nitro benzene ring substituents is 1. The maximum Gasteiger partial charge on any atom is 0.269 e. The highest BCUT2D eigenvalue weighted by Crippen LogP contribution is 2.25. The van der Waals surface area contributed by atoms with Crippen LogP contribution in [0.5, 0.6) is 5.75 Å². The van der Waals surface area contributed by atoms with E-state index in [0.717, 1.165) is 28.5 Å². The Bertz CT molecular complexity index is 628. The summed E-state index contributed by atoms with van der Waals surface area (Å²) in [6.07, 6.45) is 2.83. The van der Waals surface area contributed by atoms with E-state index in [4.69, 9.17) is 4.74 Å². The number of nitro groups is 1. The molecule has 2 aromatic rings. The predicted molar refractivity (Wildman–Crippen MR) is 83.1 cm³/mol. The quantitative estimate of drug-likeness (QED) is 0.622. The molecule has 0 aliphatic heterocycles. The first-order valence-corrected chi connectivity index (χ1v) is 7.48. The average Bonchev–Trinajstić information content (AvgIpc) is 2.91. The standard InChI is InChI=1S/C14H17N3O3S/c1-3-6-15-14-16-8-12(21-14)9-20-13-5-4-11(17(18)19)7-10(13)2/h4-5,7-8H,3,6,9H2,1-2H3,(H,15,16). The van der Waals surface area contributed by atoms with Crippen LogP contribution in [0.4, 0.5) is 10.8 Å². The van der Waals surface area contributed by atoms with Gasteiger partial charge in [-0.1, -0.05) is 18.3 Å². The third kappa shape index (κ3) is 4.16. The lowest BCUT2D eigenvalue weighted by molar-refractivity contribution is -0.384. The highest BCUT2D eigenvalue weighted by atomic mass is 32.1.